The normalized spacial score (nSPS) is 12.5. The molecule has 16 heavy (non-hydrogen) atoms. The summed E-state index contributed by atoms with van der Waals surface area (Å²) >= 11 is 0. The van der Waals surface area contributed by atoms with Crippen molar-refractivity contribution in [1.29, 1.82) is 0 Å². The van der Waals surface area contributed by atoms with Crippen molar-refractivity contribution in [2.24, 2.45) is 0 Å². The Labute approximate surface area is 96.5 Å². The molecule has 1 unspecified atom stereocenters. The fourth-order valence-corrected chi connectivity index (χ4v) is 1.72. The molecule has 1 rings (SSSR count). The van der Waals surface area contributed by atoms with Crippen molar-refractivity contribution in [3.05, 3.63) is 24.0 Å². The van der Waals surface area contributed by atoms with Crippen LogP contribution in [0.3, 0.4) is 0 Å². The summed E-state index contributed by atoms with van der Waals surface area (Å²) in [5.74, 6) is 0.0238. The summed E-state index contributed by atoms with van der Waals surface area (Å²) in [6.07, 6.45) is 1.37. The predicted molar refractivity (Wildman–Crippen MR) is 63.4 cm³/mol. The van der Waals surface area contributed by atoms with Gasteiger partial charge in [0.05, 0.1) is 6.10 Å². The van der Waals surface area contributed by atoms with Gasteiger partial charge in [-0.25, -0.2) is 0 Å². The quantitative estimate of drug-likeness (QED) is 0.820. The van der Waals surface area contributed by atoms with Crippen molar-refractivity contribution < 1.29 is 9.90 Å². The van der Waals surface area contributed by atoms with Crippen LogP contribution in [0.15, 0.2) is 18.3 Å². The second-order valence-corrected chi connectivity index (χ2v) is 3.87. The van der Waals surface area contributed by atoms with Gasteiger partial charge in [-0.3, -0.25) is 4.79 Å². The first-order chi connectivity index (χ1) is 7.60. The maximum absolute atomic E-state index is 12.1. The van der Waals surface area contributed by atoms with Crippen LogP contribution < -0.4 is 0 Å². The van der Waals surface area contributed by atoms with Gasteiger partial charge in [0.15, 0.2) is 0 Å². The van der Waals surface area contributed by atoms with E-state index >= 15 is 0 Å². The number of hydrogen-bond donors (Lipinski definition) is 1. The molecule has 0 saturated heterocycles. The summed E-state index contributed by atoms with van der Waals surface area (Å²) < 4.78 is 1.80. The van der Waals surface area contributed by atoms with Gasteiger partial charge in [0, 0.05) is 25.8 Å². The molecule has 1 aromatic rings. The number of aliphatic hydroxyl groups excluding tert-OH is 1. The van der Waals surface area contributed by atoms with Gasteiger partial charge in [-0.15, -0.1) is 0 Å². The van der Waals surface area contributed by atoms with E-state index in [0.29, 0.717) is 25.3 Å². The fraction of sp³-hybridized carbons (Fsp3) is 0.583. The number of carbonyl (C=O) groups excluding carboxylic acids is 1. The van der Waals surface area contributed by atoms with Gasteiger partial charge in [0.1, 0.15) is 5.69 Å². The molecule has 1 atom stereocenters. The predicted octanol–water partition coefficient (Wildman–Crippen LogP) is 1.35. The minimum Gasteiger partial charge on any atom is -0.392 e. The largest absolute Gasteiger partial charge is 0.392 e. The van der Waals surface area contributed by atoms with Crippen molar-refractivity contribution in [2.75, 3.05) is 13.1 Å². The van der Waals surface area contributed by atoms with Crippen LogP contribution in [0.2, 0.25) is 0 Å². The Morgan fingerprint density at radius 3 is 2.62 bits per heavy atom. The topological polar surface area (TPSA) is 45.5 Å². The van der Waals surface area contributed by atoms with Crippen LogP contribution in [-0.2, 0) is 6.54 Å². The summed E-state index contributed by atoms with van der Waals surface area (Å²) in [6.45, 7) is 7.50. The van der Waals surface area contributed by atoms with Crippen molar-refractivity contribution >= 4 is 5.91 Å². The lowest BCUT2D eigenvalue weighted by molar-refractivity contribution is 0.0758. The number of aliphatic hydroxyl groups is 1. The minimum absolute atomic E-state index is 0.0238. The van der Waals surface area contributed by atoms with Crippen LogP contribution in [0.5, 0.6) is 0 Å². The lowest BCUT2D eigenvalue weighted by atomic mass is 10.3. The van der Waals surface area contributed by atoms with E-state index in [1.54, 1.807) is 22.5 Å². The van der Waals surface area contributed by atoms with Crippen LogP contribution in [0.25, 0.3) is 0 Å². The molecule has 0 aliphatic carbocycles. The lowest BCUT2D eigenvalue weighted by Crippen LogP contribution is -2.32. The molecule has 4 nitrogen and oxygen atoms in total. The zero-order valence-corrected chi connectivity index (χ0v) is 10.2. The van der Waals surface area contributed by atoms with E-state index in [4.69, 9.17) is 0 Å². The third-order valence-electron chi connectivity index (χ3n) is 2.56. The smallest absolute Gasteiger partial charge is 0.270 e. The third-order valence-corrected chi connectivity index (χ3v) is 2.56. The molecule has 1 amide bonds. The third kappa shape index (κ3) is 2.85. The maximum atomic E-state index is 12.1. The molecule has 0 aliphatic rings. The van der Waals surface area contributed by atoms with E-state index in [-0.39, 0.29) is 5.91 Å². The van der Waals surface area contributed by atoms with Crippen LogP contribution in [-0.4, -0.2) is 39.7 Å². The van der Waals surface area contributed by atoms with Gasteiger partial charge >= 0.3 is 0 Å². The minimum atomic E-state index is -0.448. The van der Waals surface area contributed by atoms with E-state index in [1.807, 2.05) is 26.1 Å². The van der Waals surface area contributed by atoms with E-state index in [9.17, 15) is 9.90 Å². The fourth-order valence-electron chi connectivity index (χ4n) is 1.72. The van der Waals surface area contributed by atoms with Crippen molar-refractivity contribution in [2.45, 2.75) is 33.4 Å². The van der Waals surface area contributed by atoms with Crippen LogP contribution in [0, 0.1) is 0 Å². The molecule has 0 fully saturated rings. The SMILES string of the molecule is CCN(CC)C(=O)c1cccn1CC(C)O. The number of rotatable bonds is 5. The summed E-state index contributed by atoms with van der Waals surface area (Å²) in [5.41, 5.74) is 0.643. The average molecular weight is 224 g/mol. The number of carbonyl (C=O) groups is 1. The highest BCUT2D eigenvalue weighted by atomic mass is 16.3. The second kappa shape index (κ2) is 5.70. The van der Waals surface area contributed by atoms with Gasteiger partial charge in [0.25, 0.3) is 5.91 Å². The highest BCUT2D eigenvalue weighted by Gasteiger charge is 2.16. The maximum Gasteiger partial charge on any atom is 0.270 e. The summed E-state index contributed by atoms with van der Waals surface area (Å²) in [5, 5.41) is 9.34. The summed E-state index contributed by atoms with van der Waals surface area (Å²) in [7, 11) is 0. The van der Waals surface area contributed by atoms with E-state index < -0.39 is 6.10 Å². The first kappa shape index (κ1) is 12.8. The molecule has 1 aromatic heterocycles. The van der Waals surface area contributed by atoms with Crippen LogP contribution >= 0.6 is 0 Å². The number of aromatic nitrogens is 1. The van der Waals surface area contributed by atoms with E-state index in [1.165, 1.54) is 0 Å². The average Bonchev–Trinajstić information content (AvgIpc) is 2.66. The first-order valence-electron chi connectivity index (χ1n) is 5.72. The second-order valence-electron chi connectivity index (χ2n) is 3.87. The Morgan fingerprint density at radius 1 is 1.50 bits per heavy atom. The number of nitrogens with zero attached hydrogens (tertiary/aromatic N) is 2. The van der Waals surface area contributed by atoms with Crippen molar-refractivity contribution in [1.82, 2.24) is 9.47 Å². The Hall–Kier alpha value is -1.29. The Bertz CT molecular complexity index is 341. The first-order valence-corrected chi connectivity index (χ1v) is 5.72. The Kier molecular flexibility index (Phi) is 4.55. The molecule has 0 spiro atoms. The van der Waals surface area contributed by atoms with Gasteiger partial charge in [-0.1, -0.05) is 0 Å². The molecule has 1 N–H and O–H groups in total. The molecule has 0 bridgehead atoms. The zero-order valence-electron chi connectivity index (χ0n) is 10.2. The van der Waals surface area contributed by atoms with Gasteiger partial charge < -0.3 is 14.6 Å². The van der Waals surface area contributed by atoms with Gasteiger partial charge in [-0.2, -0.15) is 0 Å². The zero-order chi connectivity index (χ0) is 12.1. The molecule has 0 radical (unpaired) electrons. The molecule has 90 valence electrons. The highest BCUT2D eigenvalue weighted by Crippen LogP contribution is 2.08. The van der Waals surface area contributed by atoms with Crippen LogP contribution in [0.1, 0.15) is 31.3 Å². The number of hydrogen-bond acceptors (Lipinski definition) is 2. The summed E-state index contributed by atoms with van der Waals surface area (Å²) in [4.78, 5) is 13.9. The van der Waals surface area contributed by atoms with Crippen molar-refractivity contribution in [3.63, 3.8) is 0 Å². The van der Waals surface area contributed by atoms with Gasteiger partial charge in [-0.05, 0) is 32.9 Å². The Morgan fingerprint density at radius 2 is 2.12 bits per heavy atom. The molecule has 0 aliphatic heterocycles. The van der Waals surface area contributed by atoms with Gasteiger partial charge in [0.2, 0.25) is 0 Å². The monoisotopic (exact) mass is 224 g/mol. The van der Waals surface area contributed by atoms with E-state index in [0.717, 1.165) is 0 Å². The standard InChI is InChI=1S/C12H20N2O2/c1-4-13(5-2)12(16)11-7-6-8-14(11)9-10(3)15/h6-8,10,15H,4-5,9H2,1-3H3. The van der Waals surface area contributed by atoms with Crippen molar-refractivity contribution in [3.8, 4) is 0 Å². The molecule has 0 saturated carbocycles. The molecular formula is C12H20N2O2. The molecule has 1 heterocycles. The molecule has 4 heteroatoms. The van der Waals surface area contributed by atoms with Crippen LogP contribution in [0.4, 0.5) is 0 Å². The lowest BCUT2D eigenvalue weighted by Gasteiger charge is -2.20. The molecular weight excluding hydrogens is 204 g/mol. The number of amides is 1. The Balaban J connectivity index is 2.86. The van der Waals surface area contributed by atoms with E-state index in [2.05, 4.69) is 0 Å². The molecule has 0 aromatic carbocycles. The highest BCUT2D eigenvalue weighted by molar-refractivity contribution is 5.92. The summed E-state index contributed by atoms with van der Waals surface area (Å²) in [6, 6.07) is 3.63.